The fourth-order valence-corrected chi connectivity index (χ4v) is 3.67. The number of rotatable bonds is 4. The number of halogens is 1. The van der Waals surface area contributed by atoms with E-state index < -0.39 is 5.91 Å². The van der Waals surface area contributed by atoms with Gasteiger partial charge in [-0.2, -0.15) is 0 Å². The Labute approximate surface area is 161 Å². The Hall–Kier alpha value is -3.06. The second kappa shape index (κ2) is 7.52. The number of carbonyl (C=O) groups is 3. The predicted molar refractivity (Wildman–Crippen MR) is 101 cm³/mol. The van der Waals surface area contributed by atoms with Crippen LogP contribution in [0.1, 0.15) is 33.5 Å². The minimum absolute atomic E-state index is 0.177. The summed E-state index contributed by atoms with van der Waals surface area (Å²) in [6.45, 7) is 1.35. The molecule has 1 unspecified atom stereocenters. The monoisotopic (exact) mass is 381 g/mol. The largest absolute Gasteiger partial charge is 0.319 e. The van der Waals surface area contributed by atoms with Crippen LogP contribution in [0.15, 0.2) is 36.4 Å². The molecule has 1 saturated heterocycles. The molecule has 2 aliphatic heterocycles. The maximum Gasteiger partial charge on any atom is 0.255 e. The number of imide groups is 1. The van der Waals surface area contributed by atoms with E-state index in [1.54, 1.807) is 30.3 Å². The van der Waals surface area contributed by atoms with E-state index in [2.05, 4.69) is 16.0 Å². The Morgan fingerprint density at radius 2 is 1.93 bits per heavy atom. The topological polar surface area (TPSA) is 87.3 Å². The van der Waals surface area contributed by atoms with Crippen molar-refractivity contribution in [2.45, 2.75) is 25.8 Å². The van der Waals surface area contributed by atoms with Gasteiger partial charge in [0.05, 0.1) is 11.6 Å². The van der Waals surface area contributed by atoms with Crippen LogP contribution in [0.2, 0.25) is 0 Å². The number of anilines is 1. The Kier molecular flexibility index (Phi) is 4.92. The number of fused-ring (bicyclic) bond motifs is 1. The summed E-state index contributed by atoms with van der Waals surface area (Å²) in [4.78, 5) is 35.4. The number of carbonyl (C=O) groups excluding carboxylic acids is 3. The summed E-state index contributed by atoms with van der Waals surface area (Å²) in [6, 6.07) is 10.2. The van der Waals surface area contributed by atoms with E-state index in [0.717, 1.165) is 11.1 Å². The number of nitrogens with one attached hydrogen (secondary N) is 3. The maximum atomic E-state index is 14.7. The standard InChI is InChI=1S/C21H20FN3O3/c22-19-16-7-8-23-11-14(16)5-6-17(19)24-20(27)13-3-1-12(2-4-13)9-15-10-18(26)25-21(15)28/h1-6,15,23H,7-11H2,(H,24,27)(H,25,26,28). The van der Waals surface area contributed by atoms with E-state index in [4.69, 9.17) is 0 Å². The summed E-state index contributed by atoms with van der Waals surface area (Å²) in [7, 11) is 0. The molecule has 3 N–H and O–H groups in total. The summed E-state index contributed by atoms with van der Waals surface area (Å²) in [5.74, 6) is -1.65. The minimum Gasteiger partial charge on any atom is -0.319 e. The molecule has 7 heteroatoms. The zero-order chi connectivity index (χ0) is 19.7. The van der Waals surface area contributed by atoms with Gasteiger partial charge in [-0.1, -0.05) is 18.2 Å². The van der Waals surface area contributed by atoms with E-state index in [0.29, 0.717) is 37.1 Å². The molecule has 6 nitrogen and oxygen atoms in total. The summed E-state index contributed by atoms with van der Waals surface area (Å²) >= 11 is 0. The van der Waals surface area contributed by atoms with Crippen molar-refractivity contribution >= 4 is 23.4 Å². The van der Waals surface area contributed by atoms with Gasteiger partial charge in [-0.05, 0) is 54.3 Å². The molecule has 2 heterocycles. The van der Waals surface area contributed by atoms with Crippen LogP contribution >= 0.6 is 0 Å². The van der Waals surface area contributed by atoms with Gasteiger partial charge >= 0.3 is 0 Å². The van der Waals surface area contributed by atoms with Crippen LogP contribution in [0.5, 0.6) is 0 Å². The van der Waals surface area contributed by atoms with Crippen molar-refractivity contribution in [2.24, 2.45) is 5.92 Å². The molecule has 28 heavy (non-hydrogen) atoms. The fraction of sp³-hybridized carbons (Fsp3) is 0.286. The van der Waals surface area contributed by atoms with E-state index in [9.17, 15) is 18.8 Å². The third-order valence-electron chi connectivity index (χ3n) is 5.22. The highest BCUT2D eigenvalue weighted by Crippen LogP contribution is 2.25. The van der Waals surface area contributed by atoms with Crippen LogP contribution in [0, 0.1) is 11.7 Å². The normalized spacial score (nSPS) is 18.5. The van der Waals surface area contributed by atoms with Gasteiger partial charge in [-0.15, -0.1) is 0 Å². The molecule has 144 valence electrons. The van der Waals surface area contributed by atoms with Crippen LogP contribution in [0.3, 0.4) is 0 Å². The molecule has 2 aliphatic rings. The molecule has 2 aromatic carbocycles. The molecule has 2 aromatic rings. The SMILES string of the molecule is O=C1CC(Cc2ccc(C(=O)Nc3ccc4c(c3F)CCNC4)cc2)C(=O)N1. The molecule has 0 saturated carbocycles. The molecular weight excluding hydrogens is 361 g/mol. The van der Waals surface area contributed by atoms with E-state index in [-0.39, 0.29) is 35.7 Å². The summed E-state index contributed by atoms with van der Waals surface area (Å²) in [5.41, 5.74) is 3.00. The lowest BCUT2D eigenvalue weighted by atomic mass is 9.97. The van der Waals surface area contributed by atoms with Crippen LogP contribution in [-0.2, 0) is 29.0 Å². The predicted octanol–water partition coefficient (Wildman–Crippen LogP) is 1.93. The molecule has 0 bridgehead atoms. The van der Waals surface area contributed by atoms with Crippen molar-refractivity contribution in [3.05, 3.63) is 64.5 Å². The van der Waals surface area contributed by atoms with Crippen LogP contribution in [0.4, 0.5) is 10.1 Å². The Bertz CT molecular complexity index is 956. The smallest absolute Gasteiger partial charge is 0.255 e. The first-order chi connectivity index (χ1) is 13.5. The molecule has 4 rings (SSSR count). The lowest BCUT2D eigenvalue weighted by molar-refractivity contribution is -0.125. The maximum absolute atomic E-state index is 14.7. The van der Waals surface area contributed by atoms with Crippen LogP contribution in [-0.4, -0.2) is 24.3 Å². The van der Waals surface area contributed by atoms with Gasteiger partial charge in [-0.25, -0.2) is 4.39 Å². The first kappa shape index (κ1) is 18.3. The van der Waals surface area contributed by atoms with E-state index in [1.807, 2.05) is 6.07 Å². The van der Waals surface area contributed by atoms with Crippen molar-refractivity contribution in [1.82, 2.24) is 10.6 Å². The second-order valence-electron chi connectivity index (χ2n) is 7.16. The highest BCUT2D eigenvalue weighted by molar-refractivity contribution is 6.05. The zero-order valence-corrected chi connectivity index (χ0v) is 15.2. The Balaban J connectivity index is 1.44. The molecule has 3 amide bonds. The van der Waals surface area contributed by atoms with Gasteiger partial charge in [0, 0.05) is 18.5 Å². The van der Waals surface area contributed by atoms with Crippen LogP contribution in [0.25, 0.3) is 0 Å². The molecule has 1 atom stereocenters. The Morgan fingerprint density at radius 1 is 1.14 bits per heavy atom. The summed E-state index contributed by atoms with van der Waals surface area (Å²) < 4.78 is 14.7. The number of hydrogen-bond donors (Lipinski definition) is 3. The van der Waals surface area contributed by atoms with Crippen molar-refractivity contribution < 1.29 is 18.8 Å². The Morgan fingerprint density at radius 3 is 2.64 bits per heavy atom. The third kappa shape index (κ3) is 3.66. The molecular formula is C21H20FN3O3. The summed E-state index contributed by atoms with van der Waals surface area (Å²) in [6.07, 6.45) is 1.22. The molecule has 0 aromatic heterocycles. The average Bonchev–Trinajstić information content (AvgIpc) is 3.01. The van der Waals surface area contributed by atoms with E-state index in [1.165, 1.54) is 0 Å². The van der Waals surface area contributed by atoms with Gasteiger partial charge in [0.15, 0.2) is 0 Å². The molecule has 0 aliphatic carbocycles. The van der Waals surface area contributed by atoms with Crippen LogP contribution < -0.4 is 16.0 Å². The van der Waals surface area contributed by atoms with Crippen molar-refractivity contribution in [1.29, 1.82) is 0 Å². The van der Waals surface area contributed by atoms with Gasteiger partial charge in [-0.3, -0.25) is 19.7 Å². The second-order valence-corrected chi connectivity index (χ2v) is 7.16. The van der Waals surface area contributed by atoms with Crippen molar-refractivity contribution in [2.75, 3.05) is 11.9 Å². The van der Waals surface area contributed by atoms with Gasteiger partial charge in [0.1, 0.15) is 5.82 Å². The quantitative estimate of drug-likeness (QED) is 0.707. The first-order valence-corrected chi connectivity index (χ1v) is 9.26. The van der Waals surface area contributed by atoms with Crippen molar-refractivity contribution in [3.63, 3.8) is 0 Å². The first-order valence-electron chi connectivity index (χ1n) is 9.26. The van der Waals surface area contributed by atoms with Gasteiger partial charge in [0.25, 0.3) is 5.91 Å². The summed E-state index contributed by atoms with van der Waals surface area (Å²) in [5, 5.41) is 8.12. The number of amides is 3. The highest BCUT2D eigenvalue weighted by Gasteiger charge is 2.30. The average molecular weight is 381 g/mol. The lowest BCUT2D eigenvalue weighted by Gasteiger charge is -2.19. The highest BCUT2D eigenvalue weighted by atomic mass is 19.1. The molecule has 1 fully saturated rings. The minimum atomic E-state index is -0.395. The number of hydrogen-bond acceptors (Lipinski definition) is 4. The fourth-order valence-electron chi connectivity index (χ4n) is 3.67. The van der Waals surface area contributed by atoms with Crippen molar-refractivity contribution in [3.8, 4) is 0 Å². The number of benzene rings is 2. The van der Waals surface area contributed by atoms with E-state index >= 15 is 0 Å². The van der Waals surface area contributed by atoms with Gasteiger partial charge < -0.3 is 10.6 Å². The lowest BCUT2D eigenvalue weighted by Crippen LogP contribution is -2.25. The molecule has 0 spiro atoms. The zero-order valence-electron chi connectivity index (χ0n) is 15.2. The third-order valence-corrected chi connectivity index (χ3v) is 5.22. The van der Waals surface area contributed by atoms with Gasteiger partial charge in [0.2, 0.25) is 11.8 Å². The molecule has 0 radical (unpaired) electrons.